The van der Waals surface area contributed by atoms with Crippen LogP contribution in [0.15, 0.2) is 65.5 Å². The van der Waals surface area contributed by atoms with E-state index in [1.54, 1.807) is 0 Å². The third kappa shape index (κ3) is 7.68. The quantitative estimate of drug-likeness (QED) is 0.257. The summed E-state index contributed by atoms with van der Waals surface area (Å²) in [7, 11) is 0. The Balaban J connectivity index is 0.000000210. The number of nitrogen functional groups attached to an aromatic ring is 2. The number of nitrogens with zero attached hydrogens (tertiary/aromatic N) is 5. The second-order valence-corrected chi connectivity index (χ2v) is 9.92. The van der Waals surface area contributed by atoms with Gasteiger partial charge in [-0.05, 0) is 11.1 Å². The molecule has 0 amide bonds. The molecule has 0 saturated carbocycles. The van der Waals surface area contributed by atoms with Gasteiger partial charge < -0.3 is 11.5 Å². The van der Waals surface area contributed by atoms with E-state index in [0.29, 0.717) is 11.7 Å². The second kappa shape index (κ2) is 14.1. The number of H-pyrrole nitrogens is 1. The minimum absolute atomic E-state index is 0. The van der Waals surface area contributed by atoms with Gasteiger partial charge in [-0.25, -0.2) is 15.0 Å². The van der Waals surface area contributed by atoms with Crippen molar-refractivity contribution in [3.05, 3.63) is 110 Å². The van der Waals surface area contributed by atoms with Crippen molar-refractivity contribution in [3.8, 4) is 0 Å². The zero-order valence-corrected chi connectivity index (χ0v) is 22.4. The molecule has 0 saturated heterocycles. The molecular weight excluding hydrogens is 523 g/mol. The van der Waals surface area contributed by atoms with Crippen LogP contribution in [-0.4, -0.2) is 51.2 Å². The molecule has 4 heterocycles. The first-order valence-electron chi connectivity index (χ1n) is 12.7. The van der Waals surface area contributed by atoms with Crippen molar-refractivity contribution in [1.82, 2.24) is 29.7 Å². The van der Waals surface area contributed by atoms with E-state index in [4.69, 9.17) is 23.1 Å². The molecule has 40 heavy (non-hydrogen) atoms. The average molecular weight is 558 g/mol. The monoisotopic (exact) mass is 557 g/mol. The number of aromatic nitrogens is 4. The fraction of sp³-hybridized carbons (Fsp3) is 0.310. The van der Waals surface area contributed by atoms with Gasteiger partial charge in [0.1, 0.15) is 5.15 Å². The van der Waals surface area contributed by atoms with Gasteiger partial charge in [-0.3, -0.25) is 19.6 Å². The van der Waals surface area contributed by atoms with Gasteiger partial charge >= 0.3 is 0 Å². The van der Waals surface area contributed by atoms with Crippen LogP contribution < -0.4 is 17.0 Å². The topological polar surface area (TPSA) is 130 Å². The van der Waals surface area contributed by atoms with E-state index in [9.17, 15) is 4.79 Å². The molecule has 2 aromatic carbocycles. The number of nitrogens with two attached hydrogens (primary N) is 2. The van der Waals surface area contributed by atoms with E-state index in [2.05, 4.69) is 66.1 Å². The molecule has 9 nitrogen and oxygen atoms in total. The molecule has 0 spiro atoms. The maximum absolute atomic E-state index is 11.9. The van der Waals surface area contributed by atoms with Crippen LogP contribution >= 0.6 is 11.6 Å². The zero-order valence-electron chi connectivity index (χ0n) is 21.7. The molecular formula is C29H35BClN8O. The van der Waals surface area contributed by atoms with Gasteiger partial charge in [0.2, 0.25) is 11.9 Å². The molecule has 2 aliphatic heterocycles. The van der Waals surface area contributed by atoms with Gasteiger partial charge in [0, 0.05) is 66.1 Å². The van der Waals surface area contributed by atoms with Gasteiger partial charge in [-0.2, -0.15) is 0 Å². The highest BCUT2D eigenvalue weighted by Crippen LogP contribution is 2.25. The molecule has 0 bridgehead atoms. The van der Waals surface area contributed by atoms with Gasteiger partial charge in [0.15, 0.2) is 0 Å². The number of benzene rings is 2. The van der Waals surface area contributed by atoms with Crippen molar-refractivity contribution in [2.24, 2.45) is 0 Å². The highest BCUT2D eigenvalue weighted by Gasteiger charge is 2.22. The van der Waals surface area contributed by atoms with Crippen LogP contribution in [0.3, 0.4) is 0 Å². The van der Waals surface area contributed by atoms with Crippen LogP contribution in [0.5, 0.6) is 0 Å². The summed E-state index contributed by atoms with van der Waals surface area (Å²) in [5.41, 5.74) is 17.2. The molecule has 6 rings (SSSR count). The first-order valence-corrected chi connectivity index (χ1v) is 13.0. The number of nitrogens with one attached hydrogen (secondary N) is 1. The largest absolute Gasteiger partial charge is 0.369 e. The molecule has 0 fully saturated rings. The second-order valence-electron chi connectivity index (χ2n) is 9.57. The summed E-state index contributed by atoms with van der Waals surface area (Å²) in [5.74, 6) is 0.473. The van der Waals surface area contributed by atoms with Crippen LogP contribution in [0.1, 0.15) is 41.1 Å². The predicted octanol–water partition coefficient (Wildman–Crippen LogP) is 3.44. The highest BCUT2D eigenvalue weighted by molar-refractivity contribution is 6.30. The summed E-state index contributed by atoms with van der Waals surface area (Å²) < 4.78 is 0. The summed E-state index contributed by atoms with van der Waals surface area (Å²) in [6, 6.07) is 20.7. The van der Waals surface area contributed by atoms with Crippen molar-refractivity contribution in [2.45, 2.75) is 46.4 Å². The van der Waals surface area contributed by atoms with Crippen LogP contribution in [-0.2, 0) is 39.0 Å². The number of hydrogen-bond acceptors (Lipinski definition) is 8. The minimum Gasteiger partial charge on any atom is -0.369 e. The number of hydrogen-bond donors (Lipinski definition) is 3. The smallest absolute Gasteiger partial charge is 0.257 e. The third-order valence-corrected chi connectivity index (χ3v) is 7.08. The minimum atomic E-state index is -0.111. The first kappa shape index (κ1) is 30.8. The molecule has 207 valence electrons. The van der Waals surface area contributed by atoms with E-state index >= 15 is 0 Å². The molecule has 11 heteroatoms. The van der Waals surface area contributed by atoms with Crippen LogP contribution in [0.25, 0.3) is 0 Å². The molecule has 2 aromatic heterocycles. The van der Waals surface area contributed by atoms with Crippen molar-refractivity contribution in [2.75, 3.05) is 24.6 Å². The van der Waals surface area contributed by atoms with Crippen molar-refractivity contribution in [3.63, 3.8) is 0 Å². The molecule has 4 aromatic rings. The van der Waals surface area contributed by atoms with Gasteiger partial charge in [-0.15, -0.1) is 0 Å². The van der Waals surface area contributed by atoms with Gasteiger partial charge in [-0.1, -0.05) is 79.7 Å². The fourth-order valence-electron chi connectivity index (χ4n) is 4.90. The summed E-state index contributed by atoms with van der Waals surface area (Å²) in [6.07, 6.45) is 1.64. The average Bonchev–Trinajstić information content (AvgIpc) is 2.91. The predicted molar refractivity (Wildman–Crippen MR) is 162 cm³/mol. The van der Waals surface area contributed by atoms with E-state index in [-0.39, 0.29) is 33.3 Å². The number of rotatable bonds is 4. The Hall–Kier alpha value is -3.73. The molecule has 2 aliphatic rings. The SMILES string of the molecule is C.Nc1nc(Cl)c2c(n1)CCN(Cc1ccccc1)C2.Nc1nc2c(c(=O)[nH]1)CN(Cc1ccccc1)CC2.[B]. The molecule has 0 unspecified atom stereocenters. The Labute approximate surface area is 242 Å². The van der Waals surface area contributed by atoms with E-state index in [1.165, 1.54) is 11.1 Å². The molecule has 0 atom stereocenters. The lowest BCUT2D eigenvalue weighted by molar-refractivity contribution is 0.242. The number of fused-ring (bicyclic) bond motifs is 2. The Morgan fingerprint density at radius 3 is 1.82 bits per heavy atom. The summed E-state index contributed by atoms with van der Waals surface area (Å²) in [6.45, 7) is 5.05. The van der Waals surface area contributed by atoms with E-state index < -0.39 is 0 Å². The van der Waals surface area contributed by atoms with E-state index in [0.717, 1.165) is 68.1 Å². The van der Waals surface area contributed by atoms with Crippen LogP contribution in [0.4, 0.5) is 11.9 Å². The van der Waals surface area contributed by atoms with Gasteiger partial charge in [0.25, 0.3) is 5.56 Å². The number of anilines is 2. The standard InChI is InChI=1S/C14H15ClN4.C14H16N4O.CH4.B/c15-13-11-9-19(8-10-4-2-1-3-5-10)7-6-12(11)17-14(16)18-13;15-14-16-12-6-7-18(9-11(12)13(19)17-14)8-10-4-2-1-3-5-10;;/h1-5H,6-9H2,(H2,16,17,18);1-5H,6-9H2,(H3,15,16,17,19);1H4;. The maximum Gasteiger partial charge on any atom is 0.257 e. The Bertz CT molecular complexity index is 1450. The summed E-state index contributed by atoms with van der Waals surface area (Å²) in [4.78, 5) is 31.6. The van der Waals surface area contributed by atoms with Gasteiger partial charge in [0.05, 0.1) is 17.0 Å². The lowest BCUT2D eigenvalue weighted by Crippen LogP contribution is -2.35. The molecule has 5 N–H and O–H groups in total. The normalized spacial score (nSPS) is 14.4. The van der Waals surface area contributed by atoms with Crippen LogP contribution in [0.2, 0.25) is 5.15 Å². The Morgan fingerprint density at radius 2 is 1.27 bits per heavy atom. The fourth-order valence-corrected chi connectivity index (χ4v) is 5.16. The Morgan fingerprint density at radius 1 is 0.775 bits per heavy atom. The third-order valence-electron chi connectivity index (χ3n) is 6.77. The number of halogens is 1. The van der Waals surface area contributed by atoms with Crippen molar-refractivity contribution in [1.29, 1.82) is 0 Å². The lowest BCUT2D eigenvalue weighted by Gasteiger charge is -2.28. The van der Waals surface area contributed by atoms with Crippen molar-refractivity contribution < 1.29 is 0 Å². The first-order chi connectivity index (χ1) is 18.4. The maximum atomic E-state index is 11.9. The molecule has 0 aliphatic carbocycles. The lowest BCUT2D eigenvalue weighted by atomic mass is 10.1. The molecule has 3 radical (unpaired) electrons. The zero-order chi connectivity index (χ0) is 26.5. The van der Waals surface area contributed by atoms with Crippen LogP contribution in [0, 0.1) is 0 Å². The number of aromatic amines is 1. The highest BCUT2D eigenvalue weighted by atomic mass is 35.5. The Kier molecular flexibility index (Phi) is 10.8. The van der Waals surface area contributed by atoms with E-state index in [1.807, 2.05) is 24.3 Å². The van der Waals surface area contributed by atoms with Crippen molar-refractivity contribution >= 4 is 31.9 Å². The summed E-state index contributed by atoms with van der Waals surface area (Å²) >= 11 is 6.16. The summed E-state index contributed by atoms with van der Waals surface area (Å²) in [5, 5.41) is 0.486.